The van der Waals surface area contributed by atoms with Gasteiger partial charge in [-0.2, -0.15) is 0 Å². The Morgan fingerprint density at radius 2 is 1.93 bits per heavy atom. The summed E-state index contributed by atoms with van der Waals surface area (Å²) < 4.78 is 12.5. The minimum atomic E-state index is -1.91. The summed E-state index contributed by atoms with van der Waals surface area (Å²) in [7, 11) is 0. The second-order valence-corrected chi connectivity index (χ2v) is 9.69. The Bertz CT molecular complexity index is 1660. The largest absolute Gasteiger partial charge is 0.508 e. The van der Waals surface area contributed by atoms with Crippen LogP contribution in [0.25, 0.3) is 22.3 Å². The lowest BCUT2D eigenvalue weighted by molar-refractivity contribution is -0.189. The molecule has 0 unspecified atom stereocenters. The Morgan fingerprint density at radius 3 is 2.62 bits per heavy atom. The molecule has 2 aliphatic heterocycles. The van der Waals surface area contributed by atoms with Gasteiger partial charge >= 0.3 is 17.9 Å². The number of ether oxygens (including phenoxy) is 2. The number of phenols is 1. The topological polar surface area (TPSA) is 174 Å². The summed E-state index contributed by atoms with van der Waals surface area (Å²) in [5.41, 5.74) is 1.55. The number of aliphatic carboxylic acids is 1. The third kappa shape index (κ3) is 4.34. The summed E-state index contributed by atoms with van der Waals surface area (Å²) in [5.74, 6) is -3.49. The van der Waals surface area contributed by atoms with E-state index in [4.69, 9.17) is 19.6 Å². The van der Waals surface area contributed by atoms with Crippen molar-refractivity contribution in [1.82, 2.24) is 14.9 Å². The maximum Gasteiger partial charge on any atom is 0.355 e. The summed E-state index contributed by atoms with van der Waals surface area (Å²) in [5, 5.41) is 21.7. The number of amides is 1. The molecule has 1 atom stereocenters. The maximum absolute atomic E-state index is 13.7. The molecule has 208 valence electrons. The smallest absolute Gasteiger partial charge is 0.355 e. The van der Waals surface area contributed by atoms with Crippen LogP contribution in [0.3, 0.4) is 0 Å². The number of nitrogens with zero attached hydrogens (tertiary/aromatic N) is 2. The monoisotopic (exact) mass is 549 g/mol. The van der Waals surface area contributed by atoms with Crippen LogP contribution >= 0.6 is 0 Å². The molecule has 0 saturated carbocycles. The molecule has 2 aromatic heterocycles. The first-order valence-electron chi connectivity index (χ1n) is 12.9. The van der Waals surface area contributed by atoms with Crippen LogP contribution in [0.4, 0.5) is 0 Å². The summed E-state index contributed by atoms with van der Waals surface area (Å²) in [4.78, 5) is 67.0. The van der Waals surface area contributed by atoms with Crippen LogP contribution in [0.2, 0.25) is 0 Å². The fraction of sp³-hybridized carbons (Fsp3) is 0.357. The molecular formula is C28H27N3O9. The highest BCUT2D eigenvalue weighted by Gasteiger charge is 2.50. The van der Waals surface area contributed by atoms with Gasteiger partial charge in [-0.15, -0.1) is 0 Å². The molecule has 0 spiro atoms. The van der Waals surface area contributed by atoms with Gasteiger partial charge < -0.3 is 29.6 Å². The van der Waals surface area contributed by atoms with Gasteiger partial charge in [-0.25, -0.2) is 9.78 Å². The molecule has 5 rings (SSSR count). The highest BCUT2D eigenvalue weighted by Crippen LogP contribution is 2.42. The van der Waals surface area contributed by atoms with Crippen LogP contribution in [0.15, 0.2) is 29.1 Å². The van der Waals surface area contributed by atoms with E-state index in [1.54, 1.807) is 29.7 Å². The molecule has 0 radical (unpaired) electrons. The summed E-state index contributed by atoms with van der Waals surface area (Å²) >= 11 is 0. The third-order valence-corrected chi connectivity index (χ3v) is 7.39. The van der Waals surface area contributed by atoms with Gasteiger partial charge in [0.15, 0.2) is 0 Å². The molecule has 12 nitrogen and oxygen atoms in total. The number of benzene rings is 1. The lowest BCUT2D eigenvalue weighted by atomic mass is 9.85. The van der Waals surface area contributed by atoms with Crippen LogP contribution in [-0.2, 0) is 53.8 Å². The van der Waals surface area contributed by atoms with Gasteiger partial charge in [-0.05, 0) is 42.7 Å². The Kier molecular flexibility index (Phi) is 6.78. The molecule has 0 saturated heterocycles. The molecule has 0 bridgehead atoms. The fourth-order valence-corrected chi connectivity index (χ4v) is 5.43. The van der Waals surface area contributed by atoms with Crippen molar-refractivity contribution in [2.24, 2.45) is 0 Å². The molecule has 4 heterocycles. The number of aromatic hydroxyl groups is 1. The number of aromatic nitrogens is 2. The highest BCUT2D eigenvalue weighted by molar-refractivity contribution is 5.91. The minimum absolute atomic E-state index is 0.0316. The number of hydrogen-bond acceptors (Lipinski definition) is 9. The van der Waals surface area contributed by atoms with Crippen molar-refractivity contribution in [3.63, 3.8) is 0 Å². The van der Waals surface area contributed by atoms with E-state index < -0.39 is 47.9 Å². The lowest BCUT2D eigenvalue weighted by Crippen LogP contribution is -2.47. The van der Waals surface area contributed by atoms with Gasteiger partial charge in [0.1, 0.15) is 18.9 Å². The van der Waals surface area contributed by atoms with Gasteiger partial charge in [-0.1, -0.05) is 13.8 Å². The standard InChI is InChI=1S/C28H27N3O9/c1-3-15-16-9-14(32)5-6-20(16)30-25-17(15)12-31-21(25)10-19-18(26(31)37)13-39-27(38)28(19,4-2)40-24(36)8-7-22(33)29-11-23(34)35/h5-6,9-10,32H,3-4,7-8,11-13H2,1-2H3,(H,29,33)(H,34,35)/t28-/m0/s1. The van der Waals surface area contributed by atoms with Crippen LogP contribution in [-0.4, -0.2) is 50.1 Å². The Morgan fingerprint density at radius 1 is 1.15 bits per heavy atom. The zero-order valence-corrected chi connectivity index (χ0v) is 21.9. The molecule has 0 fully saturated rings. The van der Waals surface area contributed by atoms with Crippen molar-refractivity contribution in [1.29, 1.82) is 0 Å². The molecule has 1 amide bonds. The summed E-state index contributed by atoms with van der Waals surface area (Å²) in [6.07, 6.45) is -0.162. The molecule has 12 heteroatoms. The number of carbonyl (C=O) groups excluding carboxylic acids is 3. The van der Waals surface area contributed by atoms with E-state index in [0.717, 1.165) is 16.5 Å². The van der Waals surface area contributed by atoms with Crippen LogP contribution < -0.4 is 10.9 Å². The molecule has 2 aliphatic rings. The van der Waals surface area contributed by atoms with E-state index in [0.29, 0.717) is 23.3 Å². The van der Waals surface area contributed by atoms with Crippen molar-refractivity contribution in [2.45, 2.75) is 58.3 Å². The molecule has 0 aliphatic carbocycles. The van der Waals surface area contributed by atoms with Crippen LogP contribution in [0.1, 0.15) is 55.4 Å². The van der Waals surface area contributed by atoms with Crippen molar-refractivity contribution in [3.05, 3.63) is 56.9 Å². The van der Waals surface area contributed by atoms with Crippen LogP contribution in [0.5, 0.6) is 5.75 Å². The van der Waals surface area contributed by atoms with E-state index in [1.807, 2.05) is 6.92 Å². The molecule has 3 N–H and O–H groups in total. The van der Waals surface area contributed by atoms with E-state index in [2.05, 4.69) is 5.32 Å². The Balaban J connectivity index is 1.56. The van der Waals surface area contributed by atoms with Gasteiger partial charge in [0.05, 0.1) is 35.4 Å². The normalized spacial score (nSPS) is 17.0. The number of aryl methyl sites for hydroxylation is 1. The molecule has 1 aromatic carbocycles. The zero-order valence-electron chi connectivity index (χ0n) is 21.9. The Hall–Kier alpha value is -4.74. The van der Waals surface area contributed by atoms with Crippen molar-refractivity contribution < 1.29 is 38.9 Å². The minimum Gasteiger partial charge on any atom is -0.508 e. The number of carboxylic acid groups (broad SMARTS) is 1. The van der Waals surface area contributed by atoms with E-state index in [1.165, 1.54) is 6.07 Å². The van der Waals surface area contributed by atoms with Gasteiger partial charge in [0, 0.05) is 22.9 Å². The molecular weight excluding hydrogens is 522 g/mol. The quantitative estimate of drug-likeness (QED) is 0.275. The van der Waals surface area contributed by atoms with Gasteiger partial charge in [-0.3, -0.25) is 19.2 Å². The second-order valence-electron chi connectivity index (χ2n) is 9.69. The van der Waals surface area contributed by atoms with Crippen molar-refractivity contribution >= 4 is 34.7 Å². The van der Waals surface area contributed by atoms with E-state index in [-0.39, 0.29) is 42.9 Å². The average Bonchev–Trinajstić information content (AvgIpc) is 3.29. The van der Waals surface area contributed by atoms with Gasteiger partial charge in [0.25, 0.3) is 5.56 Å². The fourth-order valence-electron chi connectivity index (χ4n) is 5.43. The number of rotatable bonds is 8. The zero-order chi connectivity index (χ0) is 28.8. The predicted molar refractivity (Wildman–Crippen MR) is 139 cm³/mol. The number of hydrogen-bond donors (Lipinski definition) is 3. The van der Waals surface area contributed by atoms with E-state index >= 15 is 0 Å². The van der Waals surface area contributed by atoms with Crippen LogP contribution in [0, 0.1) is 0 Å². The number of nitrogens with one attached hydrogen (secondary N) is 1. The number of carbonyl (C=O) groups is 4. The first-order chi connectivity index (χ1) is 19.1. The number of phenolic OH excluding ortho intramolecular Hbond substituents is 1. The van der Waals surface area contributed by atoms with Crippen molar-refractivity contribution in [2.75, 3.05) is 6.54 Å². The SMILES string of the molecule is CCc1c2c(nc3ccc(O)cc13)-c1cc3c(c(=O)n1C2)COC(=O)[C@@]3(CC)OC(=O)CCC(=O)NCC(=O)O. The maximum atomic E-state index is 13.7. The van der Waals surface area contributed by atoms with E-state index in [9.17, 15) is 29.1 Å². The number of carboxylic acids is 1. The highest BCUT2D eigenvalue weighted by atomic mass is 16.6. The lowest BCUT2D eigenvalue weighted by Gasteiger charge is -2.35. The number of cyclic esters (lactones) is 1. The first-order valence-corrected chi connectivity index (χ1v) is 12.9. The second kappa shape index (κ2) is 10.1. The molecule has 3 aromatic rings. The summed E-state index contributed by atoms with van der Waals surface area (Å²) in [6.45, 7) is 2.97. The third-order valence-electron chi connectivity index (χ3n) is 7.39. The van der Waals surface area contributed by atoms with Gasteiger partial charge in [0.2, 0.25) is 11.5 Å². The number of fused-ring (bicyclic) bond motifs is 5. The van der Waals surface area contributed by atoms with Crippen molar-refractivity contribution in [3.8, 4) is 17.1 Å². The first kappa shape index (κ1) is 26.9. The summed E-state index contributed by atoms with van der Waals surface area (Å²) in [6, 6.07) is 6.53. The Labute approximate surface area is 227 Å². The molecule has 40 heavy (non-hydrogen) atoms. The number of esters is 2. The number of pyridine rings is 2. The average molecular weight is 550 g/mol. The predicted octanol–water partition coefficient (Wildman–Crippen LogP) is 1.88.